The van der Waals surface area contributed by atoms with E-state index in [1.54, 1.807) is 12.1 Å². The second kappa shape index (κ2) is 7.07. The average Bonchev–Trinajstić information content (AvgIpc) is 3.53. The summed E-state index contributed by atoms with van der Waals surface area (Å²) in [6.07, 6.45) is 0.884. The van der Waals surface area contributed by atoms with Gasteiger partial charge in [-0.3, -0.25) is 9.59 Å². The van der Waals surface area contributed by atoms with Crippen LogP contribution in [-0.4, -0.2) is 11.9 Å². The normalized spacial score (nSPS) is 17.6. The summed E-state index contributed by atoms with van der Waals surface area (Å²) in [5.41, 5.74) is 9.63. The van der Waals surface area contributed by atoms with E-state index in [-0.39, 0.29) is 23.8 Å². The van der Waals surface area contributed by atoms with Crippen molar-refractivity contribution >= 4 is 33.5 Å². The molecule has 8 rings (SSSR count). The molecule has 0 saturated heterocycles. The maximum Gasteiger partial charge on any atom is 0.308 e. The second-order valence-corrected chi connectivity index (χ2v) is 10.4. The van der Waals surface area contributed by atoms with Crippen LogP contribution in [0.4, 0.5) is 0 Å². The number of rotatable bonds is 2. The van der Waals surface area contributed by atoms with Crippen molar-refractivity contribution in [3.8, 4) is 33.8 Å². The first kappa shape index (κ1) is 20.7. The summed E-state index contributed by atoms with van der Waals surface area (Å²) >= 11 is 0. The number of hydrogen-bond donors (Lipinski definition) is 0. The number of carbonyl (C=O) groups is 2. The van der Waals surface area contributed by atoms with Gasteiger partial charge in [0, 0.05) is 36.8 Å². The topological polar surface area (TPSA) is 52.6 Å². The molecule has 2 atom stereocenters. The minimum Gasteiger partial charge on any atom is -0.426 e. The Balaban J connectivity index is 1.34. The Morgan fingerprint density at radius 3 is 1.57 bits per heavy atom. The first-order chi connectivity index (χ1) is 18.0. The van der Waals surface area contributed by atoms with Crippen LogP contribution in [0, 0.1) is 0 Å². The van der Waals surface area contributed by atoms with E-state index in [1.807, 2.05) is 0 Å². The van der Waals surface area contributed by atoms with E-state index in [4.69, 9.17) is 9.47 Å². The summed E-state index contributed by atoms with van der Waals surface area (Å²) in [6, 6.07) is 25.9. The van der Waals surface area contributed by atoms with Crippen LogP contribution < -0.4 is 9.47 Å². The molecule has 0 saturated carbocycles. The standard InChI is InChI=1S/C33H22O4/c1-16(34)36-29-9-10-30(37-17(2)35)33-28-15-27(32(29)33)25-13-19-11-23-21-7-3-5-18-6-4-8-22(31(18)21)24(23)12-20(19)14-26(25)28/h3-14,27-28H,15H2,1-2H3. The Kier molecular flexibility index (Phi) is 3.96. The van der Waals surface area contributed by atoms with Crippen molar-refractivity contribution in [3.63, 3.8) is 0 Å². The lowest BCUT2D eigenvalue weighted by Gasteiger charge is -2.24. The molecule has 0 N–H and O–H groups in total. The maximum absolute atomic E-state index is 11.9. The van der Waals surface area contributed by atoms with Crippen molar-refractivity contribution in [2.75, 3.05) is 0 Å². The molecule has 4 heteroatoms. The Hall–Kier alpha value is -4.44. The van der Waals surface area contributed by atoms with Crippen LogP contribution in [0.5, 0.6) is 11.5 Å². The summed E-state index contributed by atoms with van der Waals surface area (Å²) in [5, 5.41) is 5.01. The third-order valence-electron chi connectivity index (χ3n) is 8.30. The Morgan fingerprint density at radius 2 is 1.11 bits per heavy atom. The lowest BCUT2D eigenvalue weighted by Crippen LogP contribution is -2.12. The van der Waals surface area contributed by atoms with Crippen molar-refractivity contribution < 1.29 is 19.1 Å². The van der Waals surface area contributed by atoms with Crippen LogP contribution in [0.15, 0.2) is 72.8 Å². The number of benzene rings is 5. The lowest BCUT2D eigenvalue weighted by atomic mass is 9.83. The van der Waals surface area contributed by atoms with Gasteiger partial charge in [0.05, 0.1) is 0 Å². The summed E-state index contributed by atoms with van der Waals surface area (Å²) < 4.78 is 11.2. The van der Waals surface area contributed by atoms with E-state index in [0.717, 1.165) is 17.5 Å². The first-order valence-electron chi connectivity index (χ1n) is 12.7. The minimum atomic E-state index is -0.353. The van der Waals surface area contributed by atoms with Crippen LogP contribution in [0.1, 0.15) is 54.4 Å². The van der Waals surface area contributed by atoms with Gasteiger partial charge in [-0.05, 0) is 85.6 Å². The fourth-order valence-electron chi connectivity index (χ4n) is 7.06. The highest BCUT2D eigenvalue weighted by molar-refractivity contribution is 6.17. The highest BCUT2D eigenvalue weighted by Crippen LogP contribution is 2.62. The molecule has 0 amide bonds. The third kappa shape index (κ3) is 2.73. The van der Waals surface area contributed by atoms with Gasteiger partial charge in [-0.25, -0.2) is 0 Å². The number of hydrogen-bond acceptors (Lipinski definition) is 4. The van der Waals surface area contributed by atoms with Crippen molar-refractivity contribution in [3.05, 3.63) is 95.1 Å². The molecule has 37 heavy (non-hydrogen) atoms. The van der Waals surface area contributed by atoms with Gasteiger partial charge in [-0.1, -0.05) is 48.5 Å². The molecular formula is C33H22O4. The Labute approximate surface area is 213 Å². The quantitative estimate of drug-likeness (QED) is 0.190. The lowest BCUT2D eigenvalue weighted by molar-refractivity contribution is -0.133. The Bertz CT molecular complexity index is 1750. The van der Waals surface area contributed by atoms with Crippen LogP contribution in [-0.2, 0) is 9.59 Å². The second-order valence-electron chi connectivity index (χ2n) is 10.4. The molecule has 0 spiro atoms. The number of fused-ring (bicyclic) bond motifs is 12. The summed E-state index contributed by atoms with van der Waals surface area (Å²) in [6.45, 7) is 2.83. The fraction of sp³-hybridized carbons (Fsp3) is 0.152. The molecule has 0 aliphatic heterocycles. The molecule has 0 aromatic heterocycles. The molecule has 178 valence electrons. The molecule has 4 nitrogen and oxygen atoms in total. The molecule has 3 aliphatic carbocycles. The fourth-order valence-corrected chi connectivity index (χ4v) is 7.06. The molecule has 3 aliphatic rings. The minimum absolute atomic E-state index is 0.0955. The zero-order valence-corrected chi connectivity index (χ0v) is 20.4. The first-order valence-corrected chi connectivity index (χ1v) is 12.7. The van der Waals surface area contributed by atoms with Gasteiger partial charge in [-0.2, -0.15) is 0 Å². The molecule has 5 aromatic carbocycles. The van der Waals surface area contributed by atoms with Gasteiger partial charge >= 0.3 is 11.9 Å². The largest absolute Gasteiger partial charge is 0.426 e. The van der Waals surface area contributed by atoms with Crippen molar-refractivity contribution in [1.29, 1.82) is 0 Å². The van der Waals surface area contributed by atoms with E-state index >= 15 is 0 Å². The molecule has 2 unspecified atom stereocenters. The van der Waals surface area contributed by atoms with E-state index in [9.17, 15) is 9.59 Å². The molecule has 0 radical (unpaired) electrons. The van der Waals surface area contributed by atoms with Gasteiger partial charge in [0.25, 0.3) is 0 Å². The van der Waals surface area contributed by atoms with Gasteiger partial charge in [0.2, 0.25) is 0 Å². The third-order valence-corrected chi connectivity index (χ3v) is 8.30. The smallest absolute Gasteiger partial charge is 0.308 e. The zero-order chi connectivity index (χ0) is 25.0. The highest BCUT2D eigenvalue weighted by Gasteiger charge is 2.46. The van der Waals surface area contributed by atoms with Crippen molar-refractivity contribution in [1.82, 2.24) is 0 Å². The van der Waals surface area contributed by atoms with Crippen molar-refractivity contribution in [2.45, 2.75) is 32.1 Å². The van der Waals surface area contributed by atoms with Crippen LogP contribution in [0.25, 0.3) is 43.8 Å². The number of carbonyl (C=O) groups excluding carboxylic acids is 2. The SMILES string of the molecule is CC(=O)Oc1ccc(OC(C)=O)c2c1C1CC2c2cc3cc4c(cc3cc21)-c1cccc2cccc-4c12. The molecule has 2 bridgehead atoms. The van der Waals surface area contributed by atoms with Gasteiger partial charge < -0.3 is 9.47 Å². The zero-order valence-electron chi connectivity index (χ0n) is 20.4. The molecular weight excluding hydrogens is 460 g/mol. The van der Waals surface area contributed by atoms with Crippen LogP contribution in [0.3, 0.4) is 0 Å². The van der Waals surface area contributed by atoms with E-state index in [2.05, 4.69) is 60.7 Å². The maximum atomic E-state index is 11.9. The van der Waals surface area contributed by atoms with E-state index < -0.39 is 0 Å². The van der Waals surface area contributed by atoms with Crippen LogP contribution >= 0.6 is 0 Å². The van der Waals surface area contributed by atoms with Gasteiger partial charge in [-0.15, -0.1) is 0 Å². The summed E-state index contributed by atoms with van der Waals surface area (Å²) in [4.78, 5) is 23.7. The van der Waals surface area contributed by atoms with Crippen molar-refractivity contribution in [2.24, 2.45) is 0 Å². The van der Waals surface area contributed by atoms with Gasteiger partial charge in [0.1, 0.15) is 11.5 Å². The highest BCUT2D eigenvalue weighted by atomic mass is 16.5. The summed E-state index contributed by atoms with van der Waals surface area (Å²) in [7, 11) is 0. The predicted octanol–water partition coefficient (Wildman–Crippen LogP) is 7.47. The molecule has 5 aromatic rings. The number of esters is 2. The molecule has 0 heterocycles. The van der Waals surface area contributed by atoms with E-state index in [1.165, 1.54) is 68.8 Å². The predicted molar refractivity (Wildman–Crippen MR) is 143 cm³/mol. The monoisotopic (exact) mass is 482 g/mol. The van der Waals surface area contributed by atoms with E-state index in [0.29, 0.717) is 11.5 Å². The molecule has 0 fully saturated rings. The average molecular weight is 483 g/mol. The summed E-state index contributed by atoms with van der Waals surface area (Å²) in [5.74, 6) is 0.609. The van der Waals surface area contributed by atoms with Gasteiger partial charge in [0.15, 0.2) is 0 Å². The van der Waals surface area contributed by atoms with Crippen LogP contribution in [0.2, 0.25) is 0 Å². The number of ether oxygens (including phenoxy) is 2. The Morgan fingerprint density at radius 1 is 0.622 bits per heavy atom.